The van der Waals surface area contributed by atoms with Gasteiger partial charge in [0.1, 0.15) is 5.75 Å². The van der Waals surface area contributed by atoms with Crippen LogP contribution < -0.4 is 21.5 Å². The molecule has 1 atom stereocenters. The Kier molecular flexibility index (Phi) is 15.6. The van der Waals surface area contributed by atoms with Gasteiger partial charge in [0, 0.05) is 25.7 Å². The molecule has 0 aliphatic heterocycles. The molecule has 0 spiro atoms. The van der Waals surface area contributed by atoms with E-state index in [4.69, 9.17) is 16.2 Å². The highest BCUT2D eigenvalue weighted by molar-refractivity contribution is 5.85. The molecule has 124 valence electrons. The van der Waals surface area contributed by atoms with Gasteiger partial charge < -0.3 is 21.5 Å². The van der Waals surface area contributed by atoms with Gasteiger partial charge in [0.2, 0.25) is 0 Å². The van der Waals surface area contributed by atoms with Crippen LogP contribution in [0.15, 0.2) is 24.3 Å². The normalized spacial score (nSPS) is 11.2. The van der Waals surface area contributed by atoms with Crippen LogP contribution >= 0.6 is 24.8 Å². The molecule has 0 heterocycles. The number of rotatable bonds is 10. The molecule has 0 saturated heterocycles. The molecule has 0 amide bonds. The molecule has 1 rings (SSSR count). The van der Waals surface area contributed by atoms with Crippen molar-refractivity contribution in [2.24, 2.45) is 11.5 Å². The van der Waals surface area contributed by atoms with Crippen molar-refractivity contribution in [1.29, 1.82) is 0 Å². The summed E-state index contributed by atoms with van der Waals surface area (Å²) in [6, 6.07) is 8.22. The van der Waals surface area contributed by atoms with E-state index in [1.165, 1.54) is 5.56 Å². The zero-order valence-electron chi connectivity index (χ0n) is 12.7. The molecule has 0 fully saturated rings. The van der Waals surface area contributed by atoms with Gasteiger partial charge in [-0.05, 0) is 24.5 Å². The third kappa shape index (κ3) is 9.93. The number of hydrogen-bond acceptors (Lipinski definition) is 4. The van der Waals surface area contributed by atoms with Gasteiger partial charge in [-0.2, -0.15) is 0 Å². The first-order chi connectivity index (χ1) is 9.27. The van der Waals surface area contributed by atoms with Crippen LogP contribution in [0.1, 0.15) is 25.3 Å². The van der Waals surface area contributed by atoms with Crippen LogP contribution in [0.25, 0.3) is 0 Å². The van der Waals surface area contributed by atoms with Crippen LogP contribution in [-0.2, 0) is 6.42 Å². The van der Waals surface area contributed by atoms with Gasteiger partial charge in [-0.25, -0.2) is 0 Å². The number of unbranched alkanes of at least 4 members (excludes halogenated alkanes) is 1. The standard InChI is InChI=1S/C15H27N3O.2ClH/c1-2-3-10-19-15-7-5-4-6-13(15)11-14(17)12-18-9-8-16;;/h4-7,14,18H,2-3,8-12,16-17H2,1H3;2*1H. The number of nitrogens with one attached hydrogen (secondary N) is 1. The first kappa shape index (κ1) is 22.8. The summed E-state index contributed by atoms with van der Waals surface area (Å²) in [5.41, 5.74) is 12.7. The Balaban J connectivity index is 0. The van der Waals surface area contributed by atoms with Crippen LogP contribution in [0.2, 0.25) is 0 Å². The number of benzene rings is 1. The van der Waals surface area contributed by atoms with Gasteiger partial charge in [0.25, 0.3) is 0 Å². The average molecular weight is 338 g/mol. The van der Waals surface area contributed by atoms with Crippen molar-refractivity contribution in [3.05, 3.63) is 29.8 Å². The molecule has 0 saturated carbocycles. The molecule has 0 aliphatic carbocycles. The summed E-state index contributed by atoms with van der Waals surface area (Å²) in [4.78, 5) is 0. The molecule has 1 aromatic rings. The number of para-hydroxylation sites is 1. The quantitative estimate of drug-likeness (QED) is 0.572. The van der Waals surface area contributed by atoms with Crippen molar-refractivity contribution >= 4 is 24.8 Å². The third-order valence-corrected chi connectivity index (χ3v) is 2.94. The van der Waals surface area contributed by atoms with Crippen molar-refractivity contribution in [3.63, 3.8) is 0 Å². The summed E-state index contributed by atoms with van der Waals surface area (Å²) in [6.07, 6.45) is 3.04. The lowest BCUT2D eigenvalue weighted by atomic mass is 10.1. The molecule has 0 radical (unpaired) electrons. The fourth-order valence-corrected chi connectivity index (χ4v) is 1.88. The summed E-state index contributed by atoms with van der Waals surface area (Å²) in [5.74, 6) is 0.963. The van der Waals surface area contributed by atoms with E-state index in [1.807, 2.05) is 18.2 Å². The predicted octanol–water partition coefficient (Wildman–Crippen LogP) is 2.13. The summed E-state index contributed by atoms with van der Waals surface area (Å²) in [5, 5.41) is 3.24. The highest BCUT2D eigenvalue weighted by atomic mass is 35.5. The lowest BCUT2D eigenvalue weighted by molar-refractivity contribution is 0.305. The maximum absolute atomic E-state index is 6.11. The van der Waals surface area contributed by atoms with E-state index in [9.17, 15) is 0 Å². The minimum Gasteiger partial charge on any atom is -0.493 e. The number of ether oxygens (including phenoxy) is 1. The fourth-order valence-electron chi connectivity index (χ4n) is 1.88. The predicted molar refractivity (Wildman–Crippen MR) is 94.9 cm³/mol. The first-order valence-corrected chi connectivity index (χ1v) is 7.15. The molecule has 1 unspecified atom stereocenters. The van der Waals surface area contributed by atoms with E-state index in [1.54, 1.807) is 0 Å². The summed E-state index contributed by atoms with van der Waals surface area (Å²) < 4.78 is 5.81. The lowest BCUT2D eigenvalue weighted by Crippen LogP contribution is -2.37. The Labute approximate surface area is 140 Å². The van der Waals surface area contributed by atoms with Gasteiger partial charge in [0.05, 0.1) is 6.61 Å². The average Bonchev–Trinajstić information content (AvgIpc) is 2.41. The molecule has 1 aromatic carbocycles. The van der Waals surface area contributed by atoms with E-state index in [2.05, 4.69) is 18.3 Å². The Morgan fingerprint density at radius 1 is 1.24 bits per heavy atom. The van der Waals surface area contributed by atoms with Crippen molar-refractivity contribution < 1.29 is 4.74 Å². The van der Waals surface area contributed by atoms with Crippen LogP contribution in [0, 0.1) is 0 Å². The first-order valence-electron chi connectivity index (χ1n) is 7.15. The molecule has 0 bridgehead atoms. The van der Waals surface area contributed by atoms with Crippen molar-refractivity contribution in [2.45, 2.75) is 32.2 Å². The minimum atomic E-state index is 0. The smallest absolute Gasteiger partial charge is 0.122 e. The van der Waals surface area contributed by atoms with E-state index < -0.39 is 0 Å². The number of halogens is 2. The van der Waals surface area contributed by atoms with Crippen LogP contribution in [-0.4, -0.2) is 32.3 Å². The van der Waals surface area contributed by atoms with E-state index in [-0.39, 0.29) is 30.9 Å². The lowest BCUT2D eigenvalue weighted by Gasteiger charge is -2.16. The molecular formula is C15H29Cl2N3O. The van der Waals surface area contributed by atoms with Gasteiger partial charge in [0.15, 0.2) is 0 Å². The SMILES string of the molecule is CCCCOc1ccccc1CC(N)CNCCN.Cl.Cl. The molecule has 4 nitrogen and oxygen atoms in total. The maximum atomic E-state index is 6.11. The second-order valence-electron chi connectivity index (χ2n) is 4.77. The number of hydrogen-bond donors (Lipinski definition) is 3. The van der Waals surface area contributed by atoms with Gasteiger partial charge in [-0.3, -0.25) is 0 Å². The summed E-state index contributed by atoms with van der Waals surface area (Å²) in [6.45, 7) is 5.16. The Bertz CT molecular complexity index is 353. The van der Waals surface area contributed by atoms with E-state index in [0.717, 1.165) is 44.7 Å². The van der Waals surface area contributed by atoms with Crippen molar-refractivity contribution in [2.75, 3.05) is 26.2 Å². The maximum Gasteiger partial charge on any atom is 0.122 e. The number of nitrogens with two attached hydrogens (primary N) is 2. The topological polar surface area (TPSA) is 73.3 Å². The Morgan fingerprint density at radius 3 is 2.62 bits per heavy atom. The van der Waals surface area contributed by atoms with E-state index >= 15 is 0 Å². The van der Waals surface area contributed by atoms with Gasteiger partial charge >= 0.3 is 0 Å². The summed E-state index contributed by atoms with van der Waals surface area (Å²) >= 11 is 0. The molecule has 0 aromatic heterocycles. The van der Waals surface area contributed by atoms with E-state index in [0.29, 0.717) is 6.54 Å². The van der Waals surface area contributed by atoms with Gasteiger partial charge in [-0.1, -0.05) is 31.5 Å². The van der Waals surface area contributed by atoms with Gasteiger partial charge in [-0.15, -0.1) is 24.8 Å². The Hall–Kier alpha value is -0.520. The van der Waals surface area contributed by atoms with Crippen molar-refractivity contribution in [3.8, 4) is 5.75 Å². The zero-order chi connectivity index (χ0) is 13.9. The molecule has 5 N–H and O–H groups in total. The highest BCUT2D eigenvalue weighted by Crippen LogP contribution is 2.19. The molecule has 6 heteroatoms. The largest absolute Gasteiger partial charge is 0.493 e. The van der Waals surface area contributed by atoms with Crippen LogP contribution in [0.4, 0.5) is 0 Å². The molecule has 0 aliphatic rings. The second kappa shape index (κ2) is 14.4. The second-order valence-corrected chi connectivity index (χ2v) is 4.77. The third-order valence-electron chi connectivity index (χ3n) is 2.94. The minimum absolute atomic E-state index is 0. The molecule has 21 heavy (non-hydrogen) atoms. The van der Waals surface area contributed by atoms with Crippen LogP contribution in [0.5, 0.6) is 5.75 Å². The zero-order valence-corrected chi connectivity index (χ0v) is 14.3. The van der Waals surface area contributed by atoms with Crippen molar-refractivity contribution in [1.82, 2.24) is 5.32 Å². The monoisotopic (exact) mass is 337 g/mol. The van der Waals surface area contributed by atoms with Crippen LogP contribution in [0.3, 0.4) is 0 Å². The fraction of sp³-hybridized carbons (Fsp3) is 0.600. The highest BCUT2D eigenvalue weighted by Gasteiger charge is 2.08. The Morgan fingerprint density at radius 2 is 1.95 bits per heavy atom. The molecular weight excluding hydrogens is 309 g/mol. The summed E-state index contributed by atoms with van der Waals surface area (Å²) in [7, 11) is 0.